The molecule has 0 heteroatoms. The van der Waals surface area contributed by atoms with Crippen LogP contribution in [0.2, 0.25) is 0 Å². The molecule has 0 fully saturated rings. The Hall–Kier alpha value is -2.60. The second-order valence-corrected chi connectivity index (χ2v) is 13.6. The topological polar surface area (TPSA) is 0 Å². The highest BCUT2D eigenvalue weighted by molar-refractivity contribution is 5.37. The molecule has 0 aromatic rings. The second-order valence-electron chi connectivity index (χ2n) is 13.6. The van der Waals surface area contributed by atoms with Gasteiger partial charge in [0, 0.05) is 0 Å². The monoisotopic (exact) mass is 538 g/mol. The molecule has 0 aliphatic heterocycles. The molecule has 0 spiro atoms. The zero-order valence-corrected chi connectivity index (χ0v) is 27.6. The van der Waals surface area contributed by atoms with E-state index in [9.17, 15) is 0 Å². The fourth-order valence-corrected chi connectivity index (χ4v) is 6.15. The van der Waals surface area contributed by atoms with Crippen molar-refractivity contribution in [2.24, 2.45) is 10.8 Å². The van der Waals surface area contributed by atoms with Gasteiger partial charge in [0.15, 0.2) is 0 Å². The van der Waals surface area contributed by atoms with E-state index in [4.69, 9.17) is 0 Å². The van der Waals surface area contributed by atoms with Crippen molar-refractivity contribution < 1.29 is 0 Å². The Bertz CT molecular complexity index is 1170. The molecule has 0 unspecified atom stereocenters. The molecule has 0 radical (unpaired) electrons. The Kier molecular flexibility index (Phi) is 13.4. The van der Waals surface area contributed by atoms with Crippen molar-refractivity contribution in [1.82, 2.24) is 0 Å². The fourth-order valence-electron chi connectivity index (χ4n) is 6.15. The molecule has 0 amide bonds. The predicted molar refractivity (Wildman–Crippen MR) is 181 cm³/mol. The average molecular weight is 539 g/mol. The minimum atomic E-state index is 0.294. The van der Waals surface area contributed by atoms with Crippen LogP contribution in [0.15, 0.2) is 117 Å². The highest BCUT2D eigenvalue weighted by Crippen LogP contribution is 2.43. The third-order valence-electron chi connectivity index (χ3n) is 8.80. The van der Waals surface area contributed by atoms with Gasteiger partial charge in [-0.3, -0.25) is 0 Å². The maximum absolute atomic E-state index is 2.42. The van der Waals surface area contributed by atoms with Crippen LogP contribution in [0.25, 0.3) is 0 Å². The lowest BCUT2D eigenvalue weighted by atomic mass is 9.71. The first kappa shape index (κ1) is 33.6. The molecule has 218 valence electrons. The largest absolute Gasteiger partial charge is 0.0736 e. The van der Waals surface area contributed by atoms with Crippen LogP contribution in [0.1, 0.15) is 121 Å². The first-order valence-corrected chi connectivity index (χ1v) is 15.6. The van der Waals surface area contributed by atoms with E-state index in [0.29, 0.717) is 10.8 Å². The van der Waals surface area contributed by atoms with Gasteiger partial charge >= 0.3 is 0 Å². The number of rotatable bonds is 11. The Morgan fingerprint density at radius 2 is 1.12 bits per heavy atom. The molecule has 0 aromatic heterocycles. The summed E-state index contributed by atoms with van der Waals surface area (Å²) >= 11 is 0. The Labute approximate surface area is 248 Å². The number of hydrogen-bond donors (Lipinski definition) is 0. The molecule has 0 saturated heterocycles. The molecule has 0 heterocycles. The standard InChI is InChI=1S/C40H58/c1-31(19-13-21-33(3)25-27-37-35(5)23-15-29-39(37,7)8)17-11-12-18-32(2)20-14-22-34(4)26-28-38-36(6)24-16-30-40(38,9)10/h11-14,17-22,25,27H,15-16,23-24,26,28-30H2,1-10H3/b12-11+,19-13-,20-14-,27-25+,31-17+,32-18-,33-21+,34-22+. The van der Waals surface area contributed by atoms with Crippen molar-refractivity contribution in [2.45, 2.75) is 121 Å². The second kappa shape index (κ2) is 16.0. The molecule has 0 N–H and O–H groups in total. The van der Waals surface area contributed by atoms with Crippen molar-refractivity contribution in [3.05, 3.63) is 117 Å². The third-order valence-corrected chi connectivity index (χ3v) is 8.80. The summed E-state index contributed by atoms with van der Waals surface area (Å²) in [5.74, 6) is 0. The van der Waals surface area contributed by atoms with Gasteiger partial charge in [0.2, 0.25) is 0 Å². The molecular formula is C40H58. The summed E-state index contributed by atoms with van der Waals surface area (Å²) in [5, 5.41) is 0. The highest BCUT2D eigenvalue weighted by Gasteiger charge is 2.28. The van der Waals surface area contributed by atoms with Crippen LogP contribution < -0.4 is 0 Å². The van der Waals surface area contributed by atoms with Gasteiger partial charge in [0.25, 0.3) is 0 Å². The number of allylic oxidation sites excluding steroid dienone is 20. The van der Waals surface area contributed by atoms with Crippen molar-refractivity contribution in [3.63, 3.8) is 0 Å². The maximum Gasteiger partial charge on any atom is -0.0104 e. The Morgan fingerprint density at radius 1 is 0.625 bits per heavy atom. The van der Waals surface area contributed by atoms with Crippen molar-refractivity contribution >= 4 is 0 Å². The minimum absolute atomic E-state index is 0.294. The molecule has 2 aliphatic rings. The fraction of sp³-hybridized carbons (Fsp3) is 0.500. The first-order valence-electron chi connectivity index (χ1n) is 15.6. The normalized spacial score (nSPS) is 21.8. The van der Waals surface area contributed by atoms with Crippen LogP contribution in [0.5, 0.6) is 0 Å². The lowest BCUT2D eigenvalue weighted by Gasteiger charge is -2.34. The highest BCUT2D eigenvalue weighted by atomic mass is 14.3. The van der Waals surface area contributed by atoms with Gasteiger partial charge in [0.05, 0.1) is 0 Å². The van der Waals surface area contributed by atoms with Crippen LogP contribution in [0.4, 0.5) is 0 Å². The Balaban J connectivity index is 1.84. The zero-order chi connectivity index (χ0) is 29.8. The van der Waals surface area contributed by atoms with E-state index in [0.717, 1.165) is 6.42 Å². The lowest BCUT2D eigenvalue weighted by molar-refractivity contribution is 0.354. The van der Waals surface area contributed by atoms with Gasteiger partial charge < -0.3 is 0 Å². The van der Waals surface area contributed by atoms with Crippen LogP contribution >= 0.6 is 0 Å². The maximum atomic E-state index is 2.42. The van der Waals surface area contributed by atoms with Gasteiger partial charge in [-0.1, -0.05) is 140 Å². The van der Waals surface area contributed by atoms with E-state index >= 15 is 0 Å². The van der Waals surface area contributed by atoms with E-state index in [2.05, 4.69) is 142 Å². The van der Waals surface area contributed by atoms with E-state index in [1.165, 1.54) is 72.8 Å². The Morgan fingerprint density at radius 3 is 1.70 bits per heavy atom. The summed E-state index contributed by atoms with van der Waals surface area (Å²) in [6.45, 7) is 23.0. The van der Waals surface area contributed by atoms with Gasteiger partial charge in [-0.2, -0.15) is 0 Å². The molecule has 0 aromatic carbocycles. The predicted octanol–water partition coefficient (Wildman–Crippen LogP) is 12.8. The molecular weight excluding hydrogens is 480 g/mol. The van der Waals surface area contributed by atoms with Crippen molar-refractivity contribution in [2.75, 3.05) is 0 Å². The van der Waals surface area contributed by atoms with Crippen LogP contribution in [0.3, 0.4) is 0 Å². The van der Waals surface area contributed by atoms with Crippen LogP contribution in [-0.2, 0) is 0 Å². The van der Waals surface area contributed by atoms with Crippen molar-refractivity contribution in [1.29, 1.82) is 0 Å². The molecule has 40 heavy (non-hydrogen) atoms. The summed E-state index contributed by atoms with van der Waals surface area (Å²) in [6.07, 6.45) is 36.5. The zero-order valence-electron chi connectivity index (χ0n) is 27.6. The lowest BCUT2D eigenvalue weighted by Crippen LogP contribution is -2.20. The summed E-state index contributed by atoms with van der Waals surface area (Å²) < 4.78 is 0. The third kappa shape index (κ3) is 11.5. The molecule has 0 saturated carbocycles. The van der Waals surface area contributed by atoms with Gasteiger partial charge in [0.1, 0.15) is 0 Å². The van der Waals surface area contributed by atoms with Gasteiger partial charge in [-0.05, 0) is 109 Å². The quantitative estimate of drug-likeness (QED) is 0.181. The summed E-state index contributed by atoms with van der Waals surface area (Å²) in [5.41, 5.74) is 12.3. The molecule has 0 atom stereocenters. The smallest absolute Gasteiger partial charge is 0.0104 e. The summed E-state index contributed by atoms with van der Waals surface area (Å²) in [4.78, 5) is 0. The molecule has 0 nitrogen and oxygen atoms in total. The first-order chi connectivity index (χ1) is 18.8. The van der Waals surface area contributed by atoms with E-state index < -0.39 is 0 Å². The molecule has 2 aliphatic carbocycles. The SMILES string of the molecule is CC1=C(/C=C/C(C)=C/C=C\C(C)=C\C=C\C=C(C)/C=C\C=C(/C)CCC2=C(C)CCCC2(C)C)C(C)(C)CCC1. The van der Waals surface area contributed by atoms with Gasteiger partial charge in [-0.25, -0.2) is 0 Å². The van der Waals surface area contributed by atoms with E-state index in [1.54, 1.807) is 16.7 Å². The van der Waals surface area contributed by atoms with Crippen LogP contribution in [0, 0.1) is 10.8 Å². The van der Waals surface area contributed by atoms with Crippen LogP contribution in [-0.4, -0.2) is 0 Å². The van der Waals surface area contributed by atoms with Crippen molar-refractivity contribution in [3.8, 4) is 0 Å². The minimum Gasteiger partial charge on any atom is -0.0736 e. The average Bonchev–Trinajstić information content (AvgIpc) is 2.85. The number of hydrogen-bond acceptors (Lipinski definition) is 0. The van der Waals surface area contributed by atoms with E-state index in [-0.39, 0.29) is 0 Å². The van der Waals surface area contributed by atoms with E-state index in [1.807, 2.05) is 0 Å². The molecule has 2 rings (SSSR count). The van der Waals surface area contributed by atoms with Gasteiger partial charge in [-0.15, -0.1) is 0 Å². The summed E-state index contributed by atoms with van der Waals surface area (Å²) in [7, 11) is 0. The summed E-state index contributed by atoms with van der Waals surface area (Å²) in [6, 6.07) is 0. The molecule has 0 bridgehead atoms.